The SMILES string of the molecule is [C-]#[N+]c1ccc(-c2cnc3n2CC(=O)N(Cc2ccc(OC)cc2)C3)cc1. The average molecular weight is 358 g/mol. The third-order valence-electron chi connectivity index (χ3n) is 4.74. The quantitative estimate of drug-likeness (QED) is 0.669. The van der Waals surface area contributed by atoms with Crippen LogP contribution in [0.2, 0.25) is 0 Å². The molecule has 134 valence electrons. The second-order valence-corrected chi connectivity index (χ2v) is 6.40. The normalized spacial score (nSPS) is 13.2. The lowest BCUT2D eigenvalue weighted by molar-refractivity contribution is -0.134. The monoisotopic (exact) mass is 358 g/mol. The van der Waals surface area contributed by atoms with Gasteiger partial charge in [-0.15, -0.1) is 0 Å². The fourth-order valence-electron chi connectivity index (χ4n) is 3.24. The molecule has 6 heteroatoms. The van der Waals surface area contributed by atoms with Gasteiger partial charge in [0.05, 0.1) is 32.1 Å². The van der Waals surface area contributed by atoms with Gasteiger partial charge in [0, 0.05) is 6.54 Å². The summed E-state index contributed by atoms with van der Waals surface area (Å²) >= 11 is 0. The molecule has 0 N–H and O–H groups in total. The fourth-order valence-corrected chi connectivity index (χ4v) is 3.24. The molecule has 0 atom stereocenters. The van der Waals surface area contributed by atoms with Crippen LogP contribution in [-0.2, 0) is 24.4 Å². The van der Waals surface area contributed by atoms with Gasteiger partial charge < -0.3 is 14.2 Å². The minimum Gasteiger partial charge on any atom is -0.497 e. The first kappa shape index (κ1) is 16.9. The second kappa shape index (κ2) is 6.96. The number of aromatic nitrogens is 2. The van der Waals surface area contributed by atoms with E-state index in [1.165, 1.54) is 0 Å². The zero-order valence-corrected chi connectivity index (χ0v) is 14.9. The number of ether oxygens (including phenoxy) is 1. The Labute approximate surface area is 157 Å². The number of benzene rings is 2. The molecule has 4 rings (SSSR count). The van der Waals surface area contributed by atoms with Gasteiger partial charge in [0.1, 0.15) is 18.1 Å². The van der Waals surface area contributed by atoms with Gasteiger partial charge in [-0.25, -0.2) is 9.83 Å². The highest BCUT2D eigenvalue weighted by Crippen LogP contribution is 2.27. The third kappa shape index (κ3) is 3.27. The Hall–Kier alpha value is -3.59. The summed E-state index contributed by atoms with van der Waals surface area (Å²) in [4.78, 5) is 22.4. The largest absolute Gasteiger partial charge is 0.497 e. The molecule has 1 aliphatic heterocycles. The highest BCUT2D eigenvalue weighted by molar-refractivity contribution is 5.78. The van der Waals surface area contributed by atoms with Crippen LogP contribution in [0.5, 0.6) is 5.75 Å². The van der Waals surface area contributed by atoms with Crippen molar-refractivity contribution in [1.82, 2.24) is 14.5 Å². The number of imidazole rings is 1. The van der Waals surface area contributed by atoms with Gasteiger partial charge in [-0.3, -0.25) is 4.79 Å². The first-order valence-corrected chi connectivity index (χ1v) is 8.61. The molecule has 27 heavy (non-hydrogen) atoms. The van der Waals surface area contributed by atoms with Crippen LogP contribution in [0.1, 0.15) is 11.4 Å². The number of rotatable bonds is 4. The number of methoxy groups -OCH3 is 1. The Balaban J connectivity index is 1.55. The van der Waals surface area contributed by atoms with Gasteiger partial charge >= 0.3 is 0 Å². The molecule has 0 unspecified atom stereocenters. The number of carbonyl (C=O) groups is 1. The fraction of sp³-hybridized carbons (Fsp3) is 0.190. The van der Waals surface area contributed by atoms with Crippen LogP contribution in [0.15, 0.2) is 54.7 Å². The van der Waals surface area contributed by atoms with E-state index in [4.69, 9.17) is 11.3 Å². The van der Waals surface area contributed by atoms with E-state index < -0.39 is 0 Å². The molecule has 0 fully saturated rings. The number of amides is 1. The Morgan fingerprint density at radius 1 is 1.11 bits per heavy atom. The molecule has 0 aliphatic carbocycles. The van der Waals surface area contributed by atoms with E-state index in [1.807, 2.05) is 45.9 Å². The molecule has 6 nitrogen and oxygen atoms in total. The predicted molar refractivity (Wildman–Crippen MR) is 101 cm³/mol. The molecular weight excluding hydrogens is 340 g/mol. The summed E-state index contributed by atoms with van der Waals surface area (Å²) < 4.78 is 7.13. The maximum Gasteiger partial charge on any atom is 0.243 e. The molecule has 1 aromatic heterocycles. The van der Waals surface area contributed by atoms with E-state index in [1.54, 1.807) is 25.4 Å². The van der Waals surface area contributed by atoms with Crippen molar-refractivity contribution in [2.24, 2.45) is 0 Å². The summed E-state index contributed by atoms with van der Waals surface area (Å²) in [5.74, 6) is 1.73. The van der Waals surface area contributed by atoms with Crippen LogP contribution in [0.3, 0.4) is 0 Å². The number of hydrogen-bond acceptors (Lipinski definition) is 3. The van der Waals surface area contributed by atoms with Crippen LogP contribution >= 0.6 is 0 Å². The summed E-state index contributed by atoms with van der Waals surface area (Å²) in [6.07, 6.45) is 1.80. The third-order valence-corrected chi connectivity index (χ3v) is 4.74. The molecule has 0 saturated carbocycles. The number of fused-ring (bicyclic) bond motifs is 1. The van der Waals surface area contributed by atoms with E-state index in [0.29, 0.717) is 18.8 Å². The second-order valence-electron chi connectivity index (χ2n) is 6.40. The van der Waals surface area contributed by atoms with Crippen molar-refractivity contribution in [3.8, 4) is 17.0 Å². The number of nitrogens with zero attached hydrogens (tertiary/aromatic N) is 4. The topological polar surface area (TPSA) is 51.7 Å². The predicted octanol–water partition coefficient (Wildman–Crippen LogP) is 3.65. The zero-order valence-electron chi connectivity index (χ0n) is 14.9. The maximum absolute atomic E-state index is 12.7. The van der Waals surface area contributed by atoms with Gasteiger partial charge in [-0.1, -0.05) is 36.4 Å². The highest BCUT2D eigenvalue weighted by Gasteiger charge is 2.26. The van der Waals surface area contributed by atoms with E-state index in [2.05, 4.69) is 9.83 Å². The van der Waals surface area contributed by atoms with E-state index >= 15 is 0 Å². The molecule has 3 aromatic rings. The summed E-state index contributed by atoms with van der Waals surface area (Å²) in [5.41, 5.74) is 3.51. The van der Waals surface area contributed by atoms with E-state index in [9.17, 15) is 4.79 Å². The van der Waals surface area contributed by atoms with Crippen molar-refractivity contribution in [1.29, 1.82) is 0 Å². The lowest BCUT2D eigenvalue weighted by Gasteiger charge is -2.28. The molecule has 1 amide bonds. The Kier molecular flexibility index (Phi) is 4.35. The molecule has 2 aromatic carbocycles. The van der Waals surface area contributed by atoms with Crippen LogP contribution in [0, 0.1) is 6.57 Å². The minimum atomic E-state index is 0.0651. The first-order chi connectivity index (χ1) is 13.2. The van der Waals surface area contributed by atoms with Crippen molar-refractivity contribution in [3.05, 3.63) is 77.5 Å². The van der Waals surface area contributed by atoms with Gasteiger partial charge in [-0.2, -0.15) is 0 Å². The Morgan fingerprint density at radius 2 is 1.85 bits per heavy atom. The number of hydrogen-bond donors (Lipinski definition) is 0. The summed E-state index contributed by atoms with van der Waals surface area (Å²) in [6.45, 7) is 8.35. The smallest absolute Gasteiger partial charge is 0.243 e. The zero-order chi connectivity index (χ0) is 18.8. The van der Waals surface area contributed by atoms with Crippen LogP contribution in [-0.4, -0.2) is 27.5 Å². The molecule has 2 heterocycles. The molecule has 1 aliphatic rings. The number of carbonyl (C=O) groups excluding carboxylic acids is 1. The molecule has 0 saturated heterocycles. The van der Waals surface area contributed by atoms with Crippen LogP contribution < -0.4 is 4.74 Å². The van der Waals surface area contributed by atoms with Gasteiger partial charge in [-0.05, 0) is 23.3 Å². The van der Waals surface area contributed by atoms with Crippen molar-refractivity contribution in [2.75, 3.05) is 7.11 Å². The first-order valence-electron chi connectivity index (χ1n) is 8.61. The van der Waals surface area contributed by atoms with Gasteiger partial charge in [0.2, 0.25) is 5.91 Å². The standard InChI is InChI=1S/C21H18N4O2/c1-22-17-7-5-16(6-8-17)19-11-23-20-13-24(21(26)14-25(19)20)12-15-3-9-18(27-2)10-4-15/h3-11H,12-14H2,2H3. The van der Waals surface area contributed by atoms with Crippen LogP contribution in [0.25, 0.3) is 16.1 Å². The van der Waals surface area contributed by atoms with E-state index in [-0.39, 0.29) is 12.5 Å². The molecule has 0 bridgehead atoms. The molecular formula is C21H18N4O2. The van der Waals surface area contributed by atoms with Crippen molar-refractivity contribution >= 4 is 11.6 Å². The van der Waals surface area contributed by atoms with E-state index in [0.717, 1.165) is 28.4 Å². The Bertz CT molecular complexity index is 1010. The summed E-state index contributed by atoms with van der Waals surface area (Å²) in [6, 6.07) is 15.1. The molecule has 0 radical (unpaired) electrons. The van der Waals surface area contributed by atoms with Gasteiger partial charge in [0.15, 0.2) is 5.69 Å². The lowest BCUT2D eigenvalue weighted by Crippen LogP contribution is -2.38. The minimum absolute atomic E-state index is 0.0651. The Morgan fingerprint density at radius 3 is 2.52 bits per heavy atom. The van der Waals surface area contributed by atoms with Crippen molar-refractivity contribution in [2.45, 2.75) is 19.6 Å². The van der Waals surface area contributed by atoms with Gasteiger partial charge in [0.25, 0.3) is 0 Å². The summed E-state index contributed by atoms with van der Waals surface area (Å²) in [5, 5.41) is 0. The van der Waals surface area contributed by atoms with Crippen molar-refractivity contribution in [3.63, 3.8) is 0 Å². The van der Waals surface area contributed by atoms with Crippen LogP contribution in [0.4, 0.5) is 5.69 Å². The van der Waals surface area contributed by atoms with Crippen molar-refractivity contribution < 1.29 is 9.53 Å². The average Bonchev–Trinajstić information content (AvgIpc) is 3.11. The maximum atomic E-state index is 12.7. The highest BCUT2D eigenvalue weighted by atomic mass is 16.5. The lowest BCUT2D eigenvalue weighted by atomic mass is 10.1. The summed E-state index contributed by atoms with van der Waals surface area (Å²) in [7, 11) is 1.63. The molecule has 0 spiro atoms.